The maximum absolute atomic E-state index is 14.3. The number of anilines is 1. The number of ether oxygens (including phenoxy) is 1. The SMILES string of the molecule is Cc1ccc(C(=O)OCc2ccc(C(CNC(=O)CC3CCCC3)C(=O)Nc3ccc(C(N)=O)c(F)c3)cc2)c(C)c1. The molecule has 4 rings (SSSR count). The van der Waals surface area contributed by atoms with Gasteiger partial charge in [-0.1, -0.05) is 54.8 Å². The zero-order valence-corrected chi connectivity index (χ0v) is 23.9. The summed E-state index contributed by atoms with van der Waals surface area (Å²) in [7, 11) is 0. The van der Waals surface area contributed by atoms with Crippen molar-refractivity contribution in [2.24, 2.45) is 11.7 Å². The summed E-state index contributed by atoms with van der Waals surface area (Å²) in [6.07, 6.45) is 4.72. The third-order valence-corrected chi connectivity index (χ3v) is 7.62. The van der Waals surface area contributed by atoms with Crippen molar-refractivity contribution in [2.75, 3.05) is 11.9 Å². The summed E-state index contributed by atoms with van der Waals surface area (Å²) in [5, 5.41) is 5.56. The lowest BCUT2D eigenvalue weighted by atomic mass is 9.96. The van der Waals surface area contributed by atoms with Gasteiger partial charge in [0, 0.05) is 18.7 Å². The van der Waals surface area contributed by atoms with Gasteiger partial charge in [-0.3, -0.25) is 14.4 Å². The van der Waals surface area contributed by atoms with Crippen LogP contribution in [0.15, 0.2) is 60.7 Å². The number of rotatable bonds is 11. The zero-order chi connectivity index (χ0) is 30.2. The Bertz CT molecular complexity index is 1470. The molecule has 0 spiro atoms. The Kier molecular flexibility index (Phi) is 10.1. The van der Waals surface area contributed by atoms with Crippen LogP contribution in [-0.4, -0.2) is 30.2 Å². The lowest BCUT2D eigenvalue weighted by Gasteiger charge is -2.19. The van der Waals surface area contributed by atoms with Gasteiger partial charge in [0.2, 0.25) is 11.8 Å². The van der Waals surface area contributed by atoms with Crippen molar-refractivity contribution < 1.29 is 28.3 Å². The third-order valence-electron chi connectivity index (χ3n) is 7.62. The van der Waals surface area contributed by atoms with Crippen LogP contribution in [0.5, 0.6) is 0 Å². The molecule has 42 heavy (non-hydrogen) atoms. The largest absolute Gasteiger partial charge is 0.457 e. The van der Waals surface area contributed by atoms with Gasteiger partial charge in [-0.05, 0) is 73.6 Å². The first-order valence-corrected chi connectivity index (χ1v) is 14.1. The quantitative estimate of drug-likeness (QED) is 0.268. The molecule has 3 amide bonds. The molecule has 0 heterocycles. The number of benzene rings is 3. The second-order valence-corrected chi connectivity index (χ2v) is 10.9. The van der Waals surface area contributed by atoms with Crippen molar-refractivity contribution in [3.05, 3.63) is 99.9 Å². The molecular weight excluding hydrogens is 537 g/mol. The fourth-order valence-corrected chi connectivity index (χ4v) is 5.26. The molecule has 220 valence electrons. The number of carbonyl (C=O) groups is 4. The Morgan fingerprint density at radius 1 is 0.952 bits per heavy atom. The van der Waals surface area contributed by atoms with Crippen LogP contribution in [0, 0.1) is 25.6 Å². The standard InChI is InChI=1S/C33H36FN3O5/c1-20-7-13-26(21(2)15-20)33(41)42-19-23-8-10-24(11-9-23)28(18-36-30(38)16-22-5-3-4-6-22)32(40)37-25-12-14-27(31(35)39)29(34)17-25/h7-15,17,22,28H,3-6,16,18-19H2,1-2H3,(H2,35,39)(H,36,38)(H,37,40). The molecule has 0 aromatic heterocycles. The summed E-state index contributed by atoms with van der Waals surface area (Å²) < 4.78 is 19.8. The lowest BCUT2D eigenvalue weighted by Crippen LogP contribution is -2.35. The van der Waals surface area contributed by atoms with E-state index in [1.54, 1.807) is 30.3 Å². The van der Waals surface area contributed by atoms with E-state index < -0.39 is 29.5 Å². The molecule has 1 aliphatic rings. The van der Waals surface area contributed by atoms with Gasteiger partial charge in [-0.15, -0.1) is 0 Å². The van der Waals surface area contributed by atoms with Crippen LogP contribution in [0.4, 0.5) is 10.1 Å². The molecule has 0 saturated heterocycles. The van der Waals surface area contributed by atoms with E-state index >= 15 is 0 Å². The first kappa shape index (κ1) is 30.4. The predicted molar refractivity (Wildman–Crippen MR) is 157 cm³/mol. The predicted octanol–water partition coefficient (Wildman–Crippen LogP) is 5.32. The number of esters is 1. The van der Waals surface area contributed by atoms with Crippen molar-refractivity contribution in [2.45, 2.75) is 58.5 Å². The monoisotopic (exact) mass is 573 g/mol. The zero-order valence-electron chi connectivity index (χ0n) is 23.9. The number of halogens is 1. The van der Waals surface area contributed by atoms with Gasteiger partial charge >= 0.3 is 5.97 Å². The van der Waals surface area contributed by atoms with Crippen LogP contribution in [0.3, 0.4) is 0 Å². The van der Waals surface area contributed by atoms with E-state index in [0.717, 1.165) is 48.4 Å². The van der Waals surface area contributed by atoms with E-state index in [2.05, 4.69) is 10.6 Å². The van der Waals surface area contributed by atoms with Crippen LogP contribution in [0.1, 0.15) is 81.0 Å². The molecule has 0 aliphatic heterocycles. The molecule has 1 saturated carbocycles. The van der Waals surface area contributed by atoms with Gasteiger partial charge in [0.15, 0.2) is 0 Å². The number of amides is 3. The van der Waals surface area contributed by atoms with Crippen LogP contribution in [0.2, 0.25) is 0 Å². The first-order valence-electron chi connectivity index (χ1n) is 14.1. The Balaban J connectivity index is 1.45. The van der Waals surface area contributed by atoms with E-state index in [0.29, 0.717) is 23.5 Å². The van der Waals surface area contributed by atoms with E-state index in [4.69, 9.17) is 10.5 Å². The molecule has 3 aromatic rings. The molecular formula is C33H36FN3O5. The molecule has 3 aromatic carbocycles. The summed E-state index contributed by atoms with van der Waals surface area (Å²) >= 11 is 0. The van der Waals surface area contributed by atoms with Crippen molar-refractivity contribution >= 4 is 29.4 Å². The summed E-state index contributed by atoms with van der Waals surface area (Å²) in [6.45, 7) is 3.90. The lowest BCUT2D eigenvalue weighted by molar-refractivity contribution is -0.122. The molecule has 1 aliphatic carbocycles. The fourth-order valence-electron chi connectivity index (χ4n) is 5.26. The summed E-state index contributed by atoms with van der Waals surface area (Å²) in [5.74, 6) is -3.19. The average Bonchev–Trinajstić information content (AvgIpc) is 3.45. The molecule has 1 fully saturated rings. The van der Waals surface area contributed by atoms with Crippen LogP contribution in [-0.2, 0) is 20.9 Å². The van der Waals surface area contributed by atoms with Crippen molar-refractivity contribution in [3.63, 3.8) is 0 Å². The molecule has 0 bridgehead atoms. The summed E-state index contributed by atoms with van der Waals surface area (Å²) in [4.78, 5) is 49.9. The van der Waals surface area contributed by atoms with E-state index in [1.807, 2.05) is 26.0 Å². The second kappa shape index (κ2) is 13.9. The number of nitrogens with two attached hydrogens (primary N) is 1. The highest BCUT2D eigenvalue weighted by atomic mass is 19.1. The Hall–Kier alpha value is -4.53. The highest BCUT2D eigenvalue weighted by Crippen LogP contribution is 2.27. The number of nitrogens with one attached hydrogen (secondary N) is 2. The minimum absolute atomic E-state index is 0.0419. The van der Waals surface area contributed by atoms with Crippen molar-refractivity contribution in [1.29, 1.82) is 0 Å². The molecule has 0 radical (unpaired) electrons. The first-order chi connectivity index (χ1) is 20.1. The van der Waals surface area contributed by atoms with E-state index in [9.17, 15) is 23.6 Å². The molecule has 9 heteroatoms. The van der Waals surface area contributed by atoms with E-state index in [-0.39, 0.29) is 30.3 Å². The topological polar surface area (TPSA) is 128 Å². The summed E-state index contributed by atoms with van der Waals surface area (Å²) in [5.41, 5.74) is 8.79. The minimum atomic E-state index is -0.909. The number of hydrogen-bond acceptors (Lipinski definition) is 5. The van der Waals surface area contributed by atoms with Gasteiger partial charge < -0.3 is 21.1 Å². The van der Waals surface area contributed by atoms with Gasteiger partial charge in [0.1, 0.15) is 12.4 Å². The van der Waals surface area contributed by atoms with Crippen LogP contribution in [0.25, 0.3) is 0 Å². The third kappa shape index (κ3) is 8.02. The molecule has 1 unspecified atom stereocenters. The fraction of sp³-hybridized carbons (Fsp3) is 0.333. The number of primary amides is 1. The van der Waals surface area contributed by atoms with Gasteiger partial charge in [-0.2, -0.15) is 0 Å². The van der Waals surface area contributed by atoms with Crippen LogP contribution >= 0.6 is 0 Å². The maximum atomic E-state index is 14.3. The molecule has 1 atom stereocenters. The van der Waals surface area contributed by atoms with E-state index in [1.165, 1.54) is 12.1 Å². The summed E-state index contributed by atoms with van der Waals surface area (Å²) in [6, 6.07) is 16.1. The Morgan fingerprint density at radius 3 is 2.29 bits per heavy atom. The molecule has 4 N–H and O–H groups in total. The Morgan fingerprint density at radius 2 is 1.64 bits per heavy atom. The minimum Gasteiger partial charge on any atom is -0.457 e. The van der Waals surface area contributed by atoms with Gasteiger partial charge in [-0.25, -0.2) is 9.18 Å². The maximum Gasteiger partial charge on any atom is 0.338 e. The number of carbonyl (C=O) groups excluding carboxylic acids is 4. The highest BCUT2D eigenvalue weighted by molar-refractivity contribution is 5.98. The number of hydrogen-bond donors (Lipinski definition) is 3. The smallest absolute Gasteiger partial charge is 0.338 e. The van der Waals surface area contributed by atoms with Crippen molar-refractivity contribution in [1.82, 2.24) is 5.32 Å². The van der Waals surface area contributed by atoms with Gasteiger partial charge in [0.05, 0.1) is 17.0 Å². The number of aryl methyl sites for hydroxylation is 2. The Labute approximate surface area is 244 Å². The average molecular weight is 574 g/mol. The van der Waals surface area contributed by atoms with Crippen molar-refractivity contribution in [3.8, 4) is 0 Å². The molecule has 8 nitrogen and oxygen atoms in total. The van der Waals surface area contributed by atoms with Gasteiger partial charge in [0.25, 0.3) is 5.91 Å². The second-order valence-electron chi connectivity index (χ2n) is 10.9. The highest BCUT2D eigenvalue weighted by Gasteiger charge is 2.24. The van der Waals surface area contributed by atoms with Crippen LogP contribution < -0.4 is 16.4 Å². The normalized spacial score (nSPS) is 13.8.